The van der Waals surface area contributed by atoms with Crippen molar-refractivity contribution in [1.29, 1.82) is 0 Å². The van der Waals surface area contributed by atoms with Gasteiger partial charge in [-0.1, -0.05) is 29.8 Å². The summed E-state index contributed by atoms with van der Waals surface area (Å²) in [6.07, 6.45) is 1.82. The van der Waals surface area contributed by atoms with Gasteiger partial charge in [-0.25, -0.2) is 4.98 Å². The number of para-hydroxylation sites is 1. The SMILES string of the molecule is Cn1c(CCc2ccc(N)cc2)nc2cccc(Cl)c21. The van der Waals surface area contributed by atoms with Gasteiger partial charge in [-0.2, -0.15) is 0 Å². The Morgan fingerprint density at radius 1 is 1.10 bits per heavy atom. The summed E-state index contributed by atoms with van der Waals surface area (Å²) in [6.45, 7) is 0. The van der Waals surface area contributed by atoms with Gasteiger partial charge in [0, 0.05) is 19.2 Å². The molecule has 3 nitrogen and oxygen atoms in total. The zero-order chi connectivity index (χ0) is 14.1. The van der Waals surface area contributed by atoms with Crippen molar-refractivity contribution in [1.82, 2.24) is 9.55 Å². The van der Waals surface area contributed by atoms with Crippen LogP contribution in [0.15, 0.2) is 42.5 Å². The quantitative estimate of drug-likeness (QED) is 0.747. The summed E-state index contributed by atoms with van der Waals surface area (Å²) in [5.41, 5.74) is 9.70. The molecule has 4 heteroatoms. The number of rotatable bonds is 3. The van der Waals surface area contributed by atoms with E-state index in [2.05, 4.69) is 21.7 Å². The molecule has 0 bridgehead atoms. The zero-order valence-electron chi connectivity index (χ0n) is 11.3. The first-order valence-corrected chi connectivity index (χ1v) is 6.97. The van der Waals surface area contributed by atoms with Crippen LogP contribution in [0.1, 0.15) is 11.4 Å². The fourth-order valence-electron chi connectivity index (χ4n) is 2.43. The summed E-state index contributed by atoms with van der Waals surface area (Å²) in [5, 5.41) is 0.747. The normalized spacial score (nSPS) is 11.1. The summed E-state index contributed by atoms with van der Waals surface area (Å²) >= 11 is 6.24. The molecule has 0 radical (unpaired) electrons. The number of nitrogen functional groups attached to an aromatic ring is 1. The van der Waals surface area contributed by atoms with Crippen molar-refractivity contribution in [3.8, 4) is 0 Å². The summed E-state index contributed by atoms with van der Waals surface area (Å²) in [5.74, 6) is 1.05. The second-order valence-electron chi connectivity index (χ2n) is 4.94. The Hall–Kier alpha value is -2.00. The predicted octanol–water partition coefficient (Wildman–Crippen LogP) is 3.59. The first-order valence-electron chi connectivity index (χ1n) is 6.59. The number of anilines is 1. The number of benzene rings is 2. The van der Waals surface area contributed by atoms with Gasteiger partial charge in [0.15, 0.2) is 0 Å². The molecule has 1 aromatic heterocycles. The number of fused-ring (bicyclic) bond motifs is 1. The Bertz CT molecular complexity index is 744. The monoisotopic (exact) mass is 285 g/mol. The highest BCUT2D eigenvalue weighted by Crippen LogP contribution is 2.24. The molecule has 0 atom stereocenters. The molecule has 3 rings (SSSR count). The van der Waals surface area contributed by atoms with Crippen LogP contribution in [-0.4, -0.2) is 9.55 Å². The first-order chi connectivity index (χ1) is 9.65. The van der Waals surface area contributed by atoms with Gasteiger partial charge in [-0.05, 0) is 36.2 Å². The molecule has 102 valence electrons. The van der Waals surface area contributed by atoms with Gasteiger partial charge >= 0.3 is 0 Å². The molecule has 2 N–H and O–H groups in total. The van der Waals surface area contributed by atoms with Crippen LogP contribution in [0, 0.1) is 0 Å². The number of nitrogens with two attached hydrogens (primary N) is 1. The molecular formula is C16H16ClN3. The molecule has 0 saturated carbocycles. The van der Waals surface area contributed by atoms with E-state index < -0.39 is 0 Å². The van der Waals surface area contributed by atoms with E-state index in [1.807, 2.05) is 37.4 Å². The molecule has 0 unspecified atom stereocenters. The van der Waals surface area contributed by atoms with E-state index in [9.17, 15) is 0 Å². The molecule has 0 amide bonds. The van der Waals surface area contributed by atoms with Crippen molar-refractivity contribution < 1.29 is 0 Å². The lowest BCUT2D eigenvalue weighted by molar-refractivity contribution is 0.787. The lowest BCUT2D eigenvalue weighted by Crippen LogP contribution is -2.00. The van der Waals surface area contributed by atoms with Crippen LogP contribution in [0.5, 0.6) is 0 Å². The van der Waals surface area contributed by atoms with Crippen molar-refractivity contribution in [3.05, 3.63) is 58.9 Å². The van der Waals surface area contributed by atoms with Gasteiger partial charge in [0.2, 0.25) is 0 Å². The van der Waals surface area contributed by atoms with Gasteiger partial charge in [0.05, 0.1) is 16.1 Å². The molecule has 0 spiro atoms. The van der Waals surface area contributed by atoms with E-state index >= 15 is 0 Å². The van der Waals surface area contributed by atoms with Crippen molar-refractivity contribution >= 4 is 28.3 Å². The Morgan fingerprint density at radius 3 is 2.55 bits per heavy atom. The highest BCUT2D eigenvalue weighted by Gasteiger charge is 2.10. The van der Waals surface area contributed by atoms with Crippen LogP contribution in [0.2, 0.25) is 5.02 Å². The second kappa shape index (κ2) is 5.17. The maximum atomic E-state index is 6.24. The van der Waals surface area contributed by atoms with Crippen LogP contribution in [-0.2, 0) is 19.9 Å². The van der Waals surface area contributed by atoms with Crippen molar-refractivity contribution in [2.24, 2.45) is 7.05 Å². The van der Waals surface area contributed by atoms with Crippen LogP contribution in [0.25, 0.3) is 11.0 Å². The fourth-order valence-corrected chi connectivity index (χ4v) is 2.73. The number of hydrogen-bond acceptors (Lipinski definition) is 2. The standard InChI is InChI=1S/C16H16ClN3/c1-20-15(10-7-11-5-8-12(18)9-6-11)19-14-4-2-3-13(17)16(14)20/h2-6,8-9H,7,10,18H2,1H3. The average Bonchev–Trinajstić information content (AvgIpc) is 2.76. The third kappa shape index (κ3) is 2.37. The third-order valence-electron chi connectivity index (χ3n) is 3.55. The van der Waals surface area contributed by atoms with E-state index in [0.717, 1.165) is 40.4 Å². The first kappa shape index (κ1) is 13.0. The topological polar surface area (TPSA) is 43.8 Å². The molecule has 0 saturated heterocycles. The van der Waals surface area contributed by atoms with Crippen LogP contribution >= 0.6 is 11.6 Å². The number of nitrogens with zero attached hydrogens (tertiary/aromatic N) is 2. The van der Waals surface area contributed by atoms with E-state index in [1.54, 1.807) is 0 Å². The summed E-state index contributed by atoms with van der Waals surface area (Å²) < 4.78 is 2.08. The predicted molar refractivity (Wildman–Crippen MR) is 84.0 cm³/mol. The Labute approximate surface area is 123 Å². The number of aryl methyl sites for hydroxylation is 3. The van der Waals surface area contributed by atoms with E-state index in [0.29, 0.717) is 0 Å². The molecule has 2 aromatic carbocycles. The molecule has 0 aliphatic carbocycles. The Balaban J connectivity index is 1.86. The minimum atomic E-state index is 0.747. The van der Waals surface area contributed by atoms with Crippen LogP contribution in [0.3, 0.4) is 0 Å². The number of halogens is 1. The minimum absolute atomic E-state index is 0.747. The molecule has 3 aromatic rings. The highest BCUT2D eigenvalue weighted by atomic mass is 35.5. The largest absolute Gasteiger partial charge is 0.399 e. The third-order valence-corrected chi connectivity index (χ3v) is 3.86. The lowest BCUT2D eigenvalue weighted by Gasteiger charge is -2.04. The van der Waals surface area contributed by atoms with Gasteiger partial charge in [0.25, 0.3) is 0 Å². The molecule has 20 heavy (non-hydrogen) atoms. The number of imidazole rings is 1. The highest BCUT2D eigenvalue weighted by molar-refractivity contribution is 6.35. The molecule has 0 aliphatic rings. The van der Waals surface area contributed by atoms with Gasteiger partial charge in [-0.3, -0.25) is 0 Å². The van der Waals surface area contributed by atoms with Crippen molar-refractivity contribution in [2.75, 3.05) is 5.73 Å². The van der Waals surface area contributed by atoms with E-state index in [1.165, 1.54) is 5.56 Å². The van der Waals surface area contributed by atoms with Crippen molar-refractivity contribution in [2.45, 2.75) is 12.8 Å². The minimum Gasteiger partial charge on any atom is -0.399 e. The zero-order valence-corrected chi connectivity index (χ0v) is 12.1. The molecule has 0 fully saturated rings. The van der Waals surface area contributed by atoms with E-state index in [4.69, 9.17) is 17.3 Å². The Morgan fingerprint density at radius 2 is 1.85 bits per heavy atom. The van der Waals surface area contributed by atoms with E-state index in [-0.39, 0.29) is 0 Å². The maximum absolute atomic E-state index is 6.24. The van der Waals surface area contributed by atoms with Gasteiger partial charge in [0.1, 0.15) is 5.82 Å². The van der Waals surface area contributed by atoms with Gasteiger partial charge < -0.3 is 10.3 Å². The maximum Gasteiger partial charge on any atom is 0.109 e. The number of aromatic nitrogens is 2. The number of hydrogen-bond donors (Lipinski definition) is 1. The molecular weight excluding hydrogens is 270 g/mol. The molecule has 1 heterocycles. The van der Waals surface area contributed by atoms with Crippen LogP contribution in [0.4, 0.5) is 5.69 Å². The van der Waals surface area contributed by atoms with Crippen molar-refractivity contribution in [3.63, 3.8) is 0 Å². The smallest absolute Gasteiger partial charge is 0.109 e. The molecule has 0 aliphatic heterocycles. The lowest BCUT2D eigenvalue weighted by atomic mass is 10.1. The summed E-state index contributed by atoms with van der Waals surface area (Å²) in [4.78, 5) is 4.66. The fraction of sp³-hybridized carbons (Fsp3) is 0.188. The van der Waals surface area contributed by atoms with Crippen LogP contribution < -0.4 is 5.73 Å². The second-order valence-corrected chi connectivity index (χ2v) is 5.34. The Kier molecular flexibility index (Phi) is 3.36. The summed E-state index contributed by atoms with van der Waals surface area (Å²) in [7, 11) is 2.01. The summed E-state index contributed by atoms with van der Waals surface area (Å²) in [6, 6.07) is 13.8. The average molecular weight is 286 g/mol. The van der Waals surface area contributed by atoms with Gasteiger partial charge in [-0.15, -0.1) is 0 Å².